The quantitative estimate of drug-likeness (QED) is 0.716. The molecule has 3 aromatic rings. The summed E-state index contributed by atoms with van der Waals surface area (Å²) in [6, 6.07) is 14.3. The van der Waals surface area contributed by atoms with Gasteiger partial charge in [0.15, 0.2) is 0 Å². The molecule has 0 aliphatic carbocycles. The van der Waals surface area contributed by atoms with Crippen molar-refractivity contribution in [3.8, 4) is 0 Å². The maximum absolute atomic E-state index is 13.3. The van der Waals surface area contributed by atoms with Crippen LogP contribution in [0.2, 0.25) is 0 Å². The molecule has 2 aromatic carbocycles. The van der Waals surface area contributed by atoms with Crippen molar-refractivity contribution in [3.63, 3.8) is 0 Å². The van der Waals surface area contributed by atoms with Crippen LogP contribution in [0.3, 0.4) is 0 Å². The summed E-state index contributed by atoms with van der Waals surface area (Å²) in [6.45, 7) is 3.76. The fourth-order valence-corrected chi connectivity index (χ4v) is 3.99. The van der Waals surface area contributed by atoms with Crippen LogP contribution >= 0.6 is 0 Å². The highest BCUT2D eigenvalue weighted by Crippen LogP contribution is 2.23. The minimum atomic E-state index is 0.111. The van der Waals surface area contributed by atoms with E-state index in [1.165, 1.54) is 0 Å². The topological polar surface area (TPSA) is 61.5 Å². The van der Waals surface area contributed by atoms with Crippen molar-refractivity contribution in [2.45, 2.75) is 19.0 Å². The van der Waals surface area contributed by atoms with Gasteiger partial charge in [-0.15, -0.1) is 0 Å². The minimum absolute atomic E-state index is 0.111. The average Bonchev–Trinajstić information content (AvgIpc) is 3.25. The molecule has 0 saturated carbocycles. The van der Waals surface area contributed by atoms with E-state index in [9.17, 15) is 4.79 Å². The number of hydrogen-bond acceptors (Lipinski definition) is 4. The van der Waals surface area contributed by atoms with Crippen molar-refractivity contribution in [2.75, 3.05) is 33.4 Å². The van der Waals surface area contributed by atoms with Crippen molar-refractivity contribution in [1.29, 1.82) is 0 Å². The lowest BCUT2D eigenvalue weighted by Gasteiger charge is -2.41. The number of fused-ring (bicyclic) bond motifs is 1. The molecule has 1 amide bonds. The number of amides is 1. The lowest BCUT2D eigenvalue weighted by Crippen LogP contribution is -2.54. The predicted octanol–water partition coefficient (Wildman–Crippen LogP) is 2.93. The van der Waals surface area contributed by atoms with Gasteiger partial charge in [0.05, 0.1) is 6.33 Å². The monoisotopic (exact) mass is 378 g/mol. The van der Waals surface area contributed by atoms with E-state index in [-0.39, 0.29) is 11.9 Å². The number of hydrogen-bond donors (Lipinski definition) is 1. The molecule has 28 heavy (non-hydrogen) atoms. The Kier molecular flexibility index (Phi) is 5.69. The number of rotatable bonds is 6. The van der Waals surface area contributed by atoms with Crippen molar-refractivity contribution >= 4 is 16.7 Å². The Hall–Kier alpha value is -2.70. The highest BCUT2D eigenvalue weighted by Gasteiger charge is 2.30. The maximum Gasteiger partial charge on any atom is 0.254 e. The maximum atomic E-state index is 13.3. The summed E-state index contributed by atoms with van der Waals surface area (Å²) in [4.78, 5) is 25.0. The molecule has 4 rings (SSSR count). The van der Waals surface area contributed by atoms with Crippen LogP contribution in [0.25, 0.3) is 10.8 Å². The van der Waals surface area contributed by atoms with Gasteiger partial charge in [-0.25, -0.2) is 4.98 Å². The second kappa shape index (κ2) is 8.54. The smallest absolute Gasteiger partial charge is 0.254 e. The van der Waals surface area contributed by atoms with E-state index in [0.29, 0.717) is 13.2 Å². The van der Waals surface area contributed by atoms with Gasteiger partial charge in [0, 0.05) is 63.4 Å². The molecule has 6 nitrogen and oxygen atoms in total. The van der Waals surface area contributed by atoms with E-state index >= 15 is 0 Å². The molecular formula is C22H26N4O2. The fraction of sp³-hybridized carbons (Fsp3) is 0.364. The lowest BCUT2D eigenvalue weighted by molar-refractivity contribution is 0.0364. The van der Waals surface area contributed by atoms with Crippen LogP contribution in [0.4, 0.5) is 0 Å². The zero-order valence-corrected chi connectivity index (χ0v) is 16.2. The summed E-state index contributed by atoms with van der Waals surface area (Å²) in [5.41, 5.74) is 1.88. The molecule has 1 atom stereocenters. The van der Waals surface area contributed by atoms with E-state index in [2.05, 4.69) is 27.0 Å². The Morgan fingerprint density at radius 1 is 1.21 bits per heavy atom. The summed E-state index contributed by atoms with van der Waals surface area (Å²) in [7, 11) is 1.72. The van der Waals surface area contributed by atoms with Crippen molar-refractivity contribution < 1.29 is 9.53 Å². The van der Waals surface area contributed by atoms with Crippen molar-refractivity contribution in [1.82, 2.24) is 19.8 Å². The third kappa shape index (κ3) is 3.93. The number of methoxy groups -OCH3 is 1. The first-order chi connectivity index (χ1) is 13.8. The summed E-state index contributed by atoms with van der Waals surface area (Å²) < 4.78 is 5.32. The van der Waals surface area contributed by atoms with Gasteiger partial charge >= 0.3 is 0 Å². The van der Waals surface area contributed by atoms with Crippen LogP contribution in [-0.4, -0.2) is 65.1 Å². The van der Waals surface area contributed by atoms with Crippen LogP contribution in [0, 0.1) is 0 Å². The summed E-state index contributed by atoms with van der Waals surface area (Å²) in [6.07, 6.45) is 4.46. The van der Waals surface area contributed by atoms with E-state index in [0.717, 1.165) is 48.1 Å². The molecule has 1 N–H and O–H groups in total. The molecule has 1 aliphatic heterocycles. The van der Waals surface area contributed by atoms with E-state index in [1.54, 1.807) is 13.4 Å². The molecule has 1 aromatic heterocycles. The number of carbonyl (C=O) groups excluding carboxylic acids is 1. The van der Waals surface area contributed by atoms with Gasteiger partial charge in [-0.1, -0.05) is 36.4 Å². The Morgan fingerprint density at radius 2 is 2.07 bits per heavy atom. The van der Waals surface area contributed by atoms with Gasteiger partial charge in [-0.3, -0.25) is 9.69 Å². The first-order valence-electron chi connectivity index (χ1n) is 9.73. The number of carbonyl (C=O) groups is 1. The molecule has 1 aliphatic rings. The molecule has 0 spiro atoms. The number of piperazine rings is 1. The standard InChI is InChI=1S/C22H26N4O2/c1-28-12-9-19-15-26(11-10-25(19)14-18-13-23-16-24-18)22(27)21-8-4-6-17-5-2-3-7-20(17)21/h2-8,13,16,19H,9-12,14-15H2,1H3,(H,23,24)/t19-/m0/s1. The normalized spacial score (nSPS) is 17.9. The highest BCUT2D eigenvalue weighted by atomic mass is 16.5. The largest absolute Gasteiger partial charge is 0.385 e. The van der Waals surface area contributed by atoms with Gasteiger partial charge in [-0.2, -0.15) is 0 Å². The van der Waals surface area contributed by atoms with Crippen LogP contribution in [-0.2, 0) is 11.3 Å². The highest BCUT2D eigenvalue weighted by molar-refractivity contribution is 6.07. The summed E-state index contributed by atoms with van der Waals surface area (Å²) >= 11 is 0. The molecule has 2 heterocycles. The van der Waals surface area contributed by atoms with Crippen LogP contribution in [0.15, 0.2) is 55.0 Å². The summed E-state index contributed by atoms with van der Waals surface area (Å²) in [5, 5.41) is 2.12. The lowest BCUT2D eigenvalue weighted by atomic mass is 10.0. The molecule has 1 saturated heterocycles. The number of nitrogens with zero attached hydrogens (tertiary/aromatic N) is 3. The third-order valence-corrected chi connectivity index (χ3v) is 5.50. The molecule has 0 unspecified atom stereocenters. The second-order valence-electron chi connectivity index (χ2n) is 7.26. The molecule has 1 fully saturated rings. The fourth-order valence-electron chi connectivity index (χ4n) is 3.99. The van der Waals surface area contributed by atoms with E-state index < -0.39 is 0 Å². The number of imidazole rings is 1. The Morgan fingerprint density at radius 3 is 2.89 bits per heavy atom. The van der Waals surface area contributed by atoms with E-state index in [1.807, 2.05) is 41.4 Å². The number of aromatic nitrogens is 2. The summed E-state index contributed by atoms with van der Waals surface area (Å²) in [5.74, 6) is 0.111. The van der Waals surface area contributed by atoms with Gasteiger partial charge < -0.3 is 14.6 Å². The third-order valence-electron chi connectivity index (χ3n) is 5.50. The second-order valence-corrected chi connectivity index (χ2v) is 7.26. The first kappa shape index (κ1) is 18.7. The number of nitrogens with one attached hydrogen (secondary N) is 1. The minimum Gasteiger partial charge on any atom is -0.385 e. The Labute approximate surface area is 165 Å². The van der Waals surface area contributed by atoms with Crippen LogP contribution in [0.1, 0.15) is 22.5 Å². The average molecular weight is 378 g/mol. The van der Waals surface area contributed by atoms with Crippen molar-refractivity contribution in [3.05, 3.63) is 66.2 Å². The van der Waals surface area contributed by atoms with Crippen LogP contribution < -0.4 is 0 Å². The van der Waals surface area contributed by atoms with Crippen LogP contribution in [0.5, 0.6) is 0 Å². The molecule has 6 heteroatoms. The van der Waals surface area contributed by atoms with Gasteiger partial charge in [-0.05, 0) is 23.3 Å². The number of H-pyrrole nitrogens is 1. The molecule has 146 valence electrons. The number of benzene rings is 2. The molecule has 0 bridgehead atoms. The zero-order valence-electron chi connectivity index (χ0n) is 16.2. The Balaban J connectivity index is 1.53. The predicted molar refractivity (Wildman–Crippen MR) is 109 cm³/mol. The van der Waals surface area contributed by atoms with E-state index in [4.69, 9.17) is 4.74 Å². The molecular weight excluding hydrogens is 352 g/mol. The Bertz CT molecular complexity index is 920. The van der Waals surface area contributed by atoms with Gasteiger partial charge in [0.25, 0.3) is 5.91 Å². The molecule has 0 radical (unpaired) electrons. The van der Waals surface area contributed by atoms with Gasteiger partial charge in [0.1, 0.15) is 0 Å². The SMILES string of the molecule is COCC[C@H]1CN(C(=O)c2cccc3ccccc23)CCN1Cc1cnc[nH]1. The number of ether oxygens (including phenoxy) is 1. The number of aromatic amines is 1. The van der Waals surface area contributed by atoms with Gasteiger partial charge in [0.2, 0.25) is 0 Å². The zero-order chi connectivity index (χ0) is 19.3. The van der Waals surface area contributed by atoms with Crippen molar-refractivity contribution in [2.24, 2.45) is 0 Å². The first-order valence-corrected chi connectivity index (χ1v) is 9.73.